The summed E-state index contributed by atoms with van der Waals surface area (Å²) >= 11 is 1.26. The van der Waals surface area contributed by atoms with Crippen molar-refractivity contribution in [3.63, 3.8) is 0 Å². The van der Waals surface area contributed by atoms with Crippen LogP contribution in [0.15, 0.2) is 77.0 Å². The maximum absolute atomic E-state index is 13.7. The van der Waals surface area contributed by atoms with Crippen LogP contribution in [-0.4, -0.2) is 64.4 Å². The first kappa shape index (κ1) is 30.6. The minimum Gasteiger partial charge on any atom is -0.497 e. The third kappa shape index (κ3) is 6.55. The number of ether oxygens (including phenoxy) is 3. The van der Waals surface area contributed by atoms with E-state index in [0.717, 1.165) is 28.2 Å². The number of carbonyl (C=O) groups is 2. The minimum absolute atomic E-state index is 0.0732. The number of aryl methyl sites for hydroxylation is 1. The predicted octanol–water partition coefficient (Wildman–Crippen LogP) is 4.55. The fraction of sp³-hybridized carbons (Fsp3) is 0.281. The van der Waals surface area contributed by atoms with Crippen LogP contribution in [0.25, 0.3) is 0 Å². The number of hydrogen-bond acceptors (Lipinski definition) is 9. The van der Waals surface area contributed by atoms with E-state index in [1.807, 2.05) is 67.6 Å². The quantitative estimate of drug-likeness (QED) is 0.245. The lowest BCUT2D eigenvalue weighted by molar-refractivity contribution is -0.130. The summed E-state index contributed by atoms with van der Waals surface area (Å²) in [4.78, 5) is 26.3. The average molecular weight is 615 g/mol. The lowest BCUT2D eigenvalue weighted by atomic mass is 9.97. The molecule has 3 aromatic carbocycles. The number of para-hydroxylation sites is 1. The molecule has 0 saturated heterocycles. The molecule has 0 aliphatic carbocycles. The number of benzene rings is 3. The fourth-order valence-electron chi connectivity index (χ4n) is 4.98. The van der Waals surface area contributed by atoms with Crippen LogP contribution >= 0.6 is 11.8 Å². The SMILES string of the molecule is COc1ccc(C2=NN(C(=O)CSc3nnc(CNC(=O)c4cccc(C)c4)n3C)[C@H](c3cccc(OC)c3OC)C2)cc1. The Labute approximate surface area is 260 Å². The van der Waals surface area contributed by atoms with E-state index in [9.17, 15) is 9.59 Å². The van der Waals surface area contributed by atoms with Gasteiger partial charge in [-0.1, -0.05) is 41.6 Å². The highest BCUT2D eigenvalue weighted by Crippen LogP contribution is 2.42. The molecular weight excluding hydrogens is 580 g/mol. The number of rotatable bonds is 11. The Morgan fingerprint density at radius 3 is 2.45 bits per heavy atom. The van der Waals surface area contributed by atoms with Gasteiger partial charge in [-0.3, -0.25) is 9.59 Å². The number of methoxy groups -OCH3 is 3. The van der Waals surface area contributed by atoms with E-state index in [-0.39, 0.29) is 24.1 Å². The molecule has 0 spiro atoms. The van der Waals surface area contributed by atoms with Crippen LogP contribution < -0.4 is 19.5 Å². The molecule has 1 aromatic heterocycles. The van der Waals surface area contributed by atoms with Crippen molar-refractivity contribution in [3.05, 3.63) is 94.8 Å². The van der Waals surface area contributed by atoms with Gasteiger partial charge < -0.3 is 24.1 Å². The Balaban J connectivity index is 1.32. The second kappa shape index (κ2) is 13.6. The van der Waals surface area contributed by atoms with Crippen molar-refractivity contribution in [2.75, 3.05) is 27.1 Å². The topological polar surface area (TPSA) is 120 Å². The van der Waals surface area contributed by atoms with Gasteiger partial charge in [-0.25, -0.2) is 5.01 Å². The van der Waals surface area contributed by atoms with E-state index < -0.39 is 6.04 Å². The van der Waals surface area contributed by atoms with Gasteiger partial charge in [-0.2, -0.15) is 5.10 Å². The van der Waals surface area contributed by atoms with Crippen molar-refractivity contribution >= 4 is 29.3 Å². The van der Waals surface area contributed by atoms with Crippen LogP contribution in [0, 0.1) is 6.92 Å². The van der Waals surface area contributed by atoms with Crippen molar-refractivity contribution in [1.29, 1.82) is 0 Å². The molecule has 0 bridgehead atoms. The van der Waals surface area contributed by atoms with Crippen molar-refractivity contribution in [2.45, 2.75) is 31.1 Å². The maximum Gasteiger partial charge on any atom is 0.253 e. The van der Waals surface area contributed by atoms with E-state index in [0.29, 0.717) is 34.5 Å². The van der Waals surface area contributed by atoms with Gasteiger partial charge in [0.1, 0.15) is 5.75 Å². The fourth-order valence-corrected chi connectivity index (χ4v) is 5.76. The summed E-state index contributed by atoms with van der Waals surface area (Å²) in [5.41, 5.74) is 4.04. The molecule has 0 unspecified atom stereocenters. The summed E-state index contributed by atoms with van der Waals surface area (Å²) in [7, 11) is 6.59. The third-order valence-electron chi connectivity index (χ3n) is 7.32. The molecule has 1 aliphatic rings. The Morgan fingerprint density at radius 2 is 1.75 bits per heavy atom. The van der Waals surface area contributed by atoms with Crippen molar-refractivity contribution < 1.29 is 23.8 Å². The molecular formula is C32H34N6O5S. The largest absolute Gasteiger partial charge is 0.497 e. The first-order valence-electron chi connectivity index (χ1n) is 13.9. The van der Waals surface area contributed by atoms with Crippen LogP contribution in [0.3, 0.4) is 0 Å². The maximum atomic E-state index is 13.7. The summed E-state index contributed by atoms with van der Waals surface area (Å²) in [5.74, 6) is 2.11. The zero-order chi connectivity index (χ0) is 31.2. The molecule has 1 N–H and O–H groups in total. The van der Waals surface area contributed by atoms with Gasteiger partial charge in [-0.15, -0.1) is 10.2 Å². The third-order valence-corrected chi connectivity index (χ3v) is 8.32. The second-order valence-corrected chi connectivity index (χ2v) is 11.1. The first-order valence-corrected chi connectivity index (χ1v) is 14.9. The molecule has 0 radical (unpaired) electrons. The van der Waals surface area contributed by atoms with Gasteiger partial charge in [0.25, 0.3) is 11.8 Å². The van der Waals surface area contributed by atoms with Crippen molar-refractivity contribution in [3.8, 4) is 17.2 Å². The molecule has 12 heteroatoms. The van der Waals surface area contributed by atoms with E-state index in [1.165, 1.54) is 16.8 Å². The smallest absolute Gasteiger partial charge is 0.253 e. The van der Waals surface area contributed by atoms with Gasteiger partial charge in [0.2, 0.25) is 0 Å². The monoisotopic (exact) mass is 614 g/mol. The van der Waals surface area contributed by atoms with Crippen LogP contribution in [0.2, 0.25) is 0 Å². The van der Waals surface area contributed by atoms with Gasteiger partial charge in [0, 0.05) is 24.6 Å². The molecule has 1 aliphatic heterocycles. The summed E-state index contributed by atoms with van der Waals surface area (Å²) in [6.07, 6.45) is 0.487. The summed E-state index contributed by atoms with van der Waals surface area (Å²) < 4.78 is 18.3. The van der Waals surface area contributed by atoms with Crippen molar-refractivity contribution in [2.24, 2.45) is 12.1 Å². The lowest BCUT2D eigenvalue weighted by Crippen LogP contribution is -2.29. The molecule has 0 saturated carbocycles. The van der Waals surface area contributed by atoms with E-state index in [2.05, 4.69) is 15.5 Å². The molecule has 1 atom stereocenters. The summed E-state index contributed by atoms with van der Waals surface area (Å²) in [6.45, 7) is 2.14. The second-order valence-electron chi connectivity index (χ2n) is 10.1. The molecule has 44 heavy (non-hydrogen) atoms. The average Bonchev–Trinajstić information content (AvgIpc) is 3.65. The number of aromatic nitrogens is 3. The van der Waals surface area contributed by atoms with E-state index in [4.69, 9.17) is 19.3 Å². The number of hydrogen-bond donors (Lipinski definition) is 1. The number of carbonyl (C=O) groups excluding carboxylic acids is 2. The Morgan fingerprint density at radius 1 is 0.977 bits per heavy atom. The number of nitrogens with one attached hydrogen (secondary N) is 1. The standard InChI is InChI=1S/C32H34N6O5S/c1-20-8-6-9-22(16-20)31(40)33-18-28-34-35-32(37(28)2)44-19-29(39)38-26(24-10-7-11-27(42-4)30(24)43-5)17-25(36-38)21-12-14-23(41-3)15-13-21/h6-16,26H,17-19H2,1-5H3,(H,33,40)/t26-/m0/s1. The van der Waals surface area contributed by atoms with Crippen LogP contribution in [-0.2, 0) is 18.4 Å². The van der Waals surface area contributed by atoms with E-state index in [1.54, 1.807) is 39.0 Å². The Kier molecular flexibility index (Phi) is 9.49. The van der Waals surface area contributed by atoms with Crippen molar-refractivity contribution in [1.82, 2.24) is 25.1 Å². The summed E-state index contributed by atoms with van der Waals surface area (Å²) in [6, 6.07) is 20.2. The molecule has 11 nitrogen and oxygen atoms in total. The predicted molar refractivity (Wildman–Crippen MR) is 167 cm³/mol. The van der Waals surface area contributed by atoms with Gasteiger partial charge in [-0.05, 0) is 55.0 Å². The zero-order valence-corrected chi connectivity index (χ0v) is 26.1. The number of amides is 2. The normalized spacial score (nSPS) is 14.2. The molecule has 0 fully saturated rings. The molecule has 2 heterocycles. The molecule has 2 amide bonds. The van der Waals surface area contributed by atoms with Crippen LogP contribution in [0.1, 0.15) is 45.3 Å². The highest BCUT2D eigenvalue weighted by molar-refractivity contribution is 7.99. The number of hydrazone groups is 1. The highest BCUT2D eigenvalue weighted by atomic mass is 32.2. The summed E-state index contributed by atoms with van der Waals surface area (Å²) in [5, 5.41) is 18.2. The van der Waals surface area contributed by atoms with E-state index >= 15 is 0 Å². The van der Waals surface area contributed by atoms with Gasteiger partial charge >= 0.3 is 0 Å². The first-order chi connectivity index (χ1) is 21.3. The molecule has 5 rings (SSSR count). The minimum atomic E-state index is -0.405. The molecule has 4 aromatic rings. The lowest BCUT2D eigenvalue weighted by Gasteiger charge is -2.24. The number of thioether (sulfide) groups is 1. The van der Waals surface area contributed by atoms with Gasteiger partial charge in [0.15, 0.2) is 22.5 Å². The number of nitrogens with zero attached hydrogens (tertiary/aromatic N) is 5. The molecule has 228 valence electrons. The highest BCUT2D eigenvalue weighted by Gasteiger charge is 2.35. The van der Waals surface area contributed by atoms with Gasteiger partial charge in [0.05, 0.1) is 45.4 Å². The van der Waals surface area contributed by atoms with Crippen LogP contribution in [0.5, 0.6) is 17.2 Å². The Hall–Kier alpha value is -4.84. The Bertz CT molecular complexity index is 1690. The zero-order valence-electron chi connectivity index (χ0n) is 25.2. The van der Waals surface area contributed by atoms with Crippen LogP contribution in [0.4, 0.5) is 0 Å².